The van der Waals surface area contributed by atoms with Crippen molar-refractivity contribution in [2.24, 2.45) is 0 Å². The van der Waals surface area contributed by atoms with Gasteiger partial charge in [0.1, 0.15) is 11.6 Å². The molecular weight excluding hydrogens is 517 g/mol. The average molecular weight is 547 g/mol. The smallest absolute Gasteiger partial charge is 0.416 e. The van der Waals surface area contributed by atoms with Crippen LogP contribution in [0.15, 0.2) is 42.5 Å². The van der Waals surface area contributed by atoms with E-state index in [1.54, 1.807) is 6.07 Å². The lowest BCUT2D eigenvalue weighted by molar-refractivity contribution is -0.137. The molecule has 0 unspecified atom stereocenters. The molecule has 2 aliphatic heterocycles. The molecule has 3 heterocycles. The summed E-state index contributed by atoms with van der Waals surface area (Å²) >= 11 is 5.90. The maximum absolute atomic E-state index is 12.8. The summed E-state index contributed by atoms with van der Waals surface area (Å²) in [4.78, 5) is 22.3. The molecule has 5 rings (SSSR count). The molecule has 0 spiro atoms. The monoisotopic (exact) mass is 546 g/mol. The van der Waals surface area contributed by atoms with Gasteiger partial charge in [0.05, 0.1) is 16.1 Å². The van der Waals surface area contributed by atoms with E-state index in [-0.39, 0.29) is 10.8 Å². The predicted octanol–water partition coefficient (Wildman–Crippen LogP) is 6.30. The van der Waals surface area contributed by atoms with Crippen molar-refractivity contribution < 1.29 is 22.7 Å². The highest BCUT2D eigenvalue weighted by atomic mass is 35.5. The van der Waals surface area contributed by atoms with Crippen molar-refractivity contribution in [3.8, 4) is 5.75 Å². The third kappa shape index (κ3) is 5.99. The topological polar surface area (TPSA) is 57.7 Å². The highest BCUT2D eigenvalue weighted by Gasteiger charge is 2.31. The number of carbonyl (C=O) groups is 1. The zero-order chi connectivity index (χ0) is 26.9. The highest BCUT2D eigenvalue weighted by molar-refractivity contribution is 6.32. The first-order valence-electron chi connectivity index (χ1n) is 12.9. The van der Waals surface area contributed by atoms with Gasteiger partial charge >= 0.3 is 6.18 Å². The molecule has 1 amide bonds. The number of nitrogens with one attached hydrogen (secondary N) is 1. The van der Waals surface area contributed by atoms with Crippen molar-refractivity contribution in [2.45, 2.75) is 44.8 Å². The van der Waals surface area contributed by atoms with E-state index in [0.29, 0.717) is 11.7 Å². The molecule has 202 valence electrons. The van der Waals surface area contributed by atoms with Crippen LogP contribution in [0.3, 0.4) is 0 Å². The fraction of sp³-hybridized carbons (Fsp3) is 0.429. The lowest BCUT2D eigenvalue weighted by Gasteiger charge is -2.37. The number of ether oxygens (including phenoxy) is 1. The molecule has 2 aromatic carbocycles. The number of carbonyl (C=O) groups excluding carboxylic acids is 1. The average Bonchev–Trinajstić information content (AvgIpc) is 3.43. The Morgan fingerprint density at radius 1 is 1.08 bits per heavy atom. The minimum Gasteiger partial charge on any atom is -0.482 e. The molecule has 1 N–H and O–H groups in total. The van der Waals surface area contributed by atoms with Gasteiger partial charge in [0.25, 0.3) is 5.91 Å². The number of alkyl halides is 3. The number of fused-ring (bicyclic) bond motifs is 1. The van der Waals surface area contributed by atoms with Crippen molar-refractivity contribution in [1.29, 1.82) is 0 Å². The lowest BCUT2D eigenvalue weighted by atomic mass is 10.0. The molecule has 2 fully saturated rings. The van der Waals surface area contributed by atoms with Gasteiger partial charge in [-0.05, 0) is 93.7 Å². The van der Waals surface area contributed by atoms with E-state index in [9.17, 15) is 18.0 Å². The Labute approximate surface area is 224 Å². The number of nitrogens with zero attached hydrogens (tertiary/aromatic N) is 3. The normalized spacial score (nSPS) is 17.2. The number of aryl methyl sites for hydroxylation is 1. The van der Waals surface area contributed by atoms with Crippen LogP contribution in [-0.4, -0.2) is 54.6 Å². The van der Waals surface area contributed by atoms with E-state index >= 15 is 0 Å². The van der Waals surface area contributed by atoms with Crippen LogP contribution >= 0.6 is 11.6 Å². The Hall–Kier alpha value is -3.04. The maximum Gasteiger partial charge on any atom is 0.416 e. The first kappa shape index (κ1) is 26.6. The van der Waals surface area contributed by atoms with E-state index in [4.69, 9.17) is 21.3 Å². The number of amides is 1. The largest absolute Gasteiger partial charge is 0.482 e. The number of piperidine rings is 1. The van der Waals surface area contributed by atoms with Gasteiger partial charge in [0.15, 0.2) is 6.61 Å². The SMILES string of the molecule is Cc1cc(N2CCC(N3CCCC3)CC2)nc2ccc(NC(=O)COc3ccc(C(F)(F)F)cc3Cl)cc12. The van der Waals surface area contributed by atoms with Gasteiger partial charge in [-0.25, -0.2) is 4.98 Å². The summed E-state index contributed by atoms with van der Waals surface area (Å²) in [6, 6.07) is 11.0. The van der Waals surface area contributed by atoms with Crippen LogP contribution in [0.25, 0.3) is 10.9 Å². The Bertz CT molecular complexity index is 1320. The van der Waals surface area contributed by atoms with Gasteiger partial charge in [-0.2, -0.15) is 13.2 Å². The van der Waals surface area contributed by atoms with Crippen molar-refractivity contribution in [3.05, 3.63) is 58.6 Å². The summed E-state index contributed by atoms with van der Waals surface area (Å²) in [6.07, 6.45) is 0.434. The summed E-state index contributed by atoms with van der Waals surface area (Å²) < 4.78 is 43.8. The zero-order valence-electron chi connectivity index (χ0n) is 21.2. The third-order valence-corrected chi connectivity index (χ3v) is 7.64. The van der Waals surface area contributed by atoms with Gasteiger partial charge in [-0.3, -0.25) is 4.79 Å². The van der Waals surface area contributed by atoms with Gasteiger partial charge in [0, 0.05) is 30.2 Å². The van der Waals surface area contributed by atoms with Crippen molar-refractivity contribution in [2.75, 3.05) is 43.0 Å². The molecule has 0 bridgehead atoms. The number of hydrogen-bond acceptors (Lipinski definition) is 5. The number of likely N-dealkylation sites (tertiary alicyclic amines) is 1. The van der Waals surface area contributed by atoms with Crippen molar-refractivity contribution >= 4 is 39.9 Å². The molecular formula is C28H30ClF3N4O2. The molecule has 0 aliphatic carbocycles. The Morgan fingerprint density at radius 3 is 2.50 bits per heavy atom. The van der Waals surface area contributed by atoms with Crippen LogP contribution in [0.4, 0.5) is 24.7 Å². The minimum absolute atomic E-state index is 0.00497. The number of benzene rings is 2. The van der Waals surface area contributed by atoms with E-state index in [1.807, 2.05) is 19.1 Å². The number of aromatic nitrogens is 1. The molecule has 0 radical (unpaired) electrons. The van der Waals surface area contributed by atoms with Crippen LogP contribution in [0.5, 0.6) is 5.75 Å². The second-order valence-corrected chi connectivity index (χ2v) is 10.4. The molecule has 0 saturated carbocycles. The van der Waals surface area contributed by atoms with Gasteiger partial charge in [-0.15, -0.1) is 0 Å². The molecule has 6 nitrogen and oxygen atoms in total. The molecule has 38 heavy (non-hydrogen) atoms. The second-order valence-electron chi connectivity index (χ2n) is 9.97. The van der Waals surface area contributed by atoms with E-state index in [1.165, 1.54) is 25.9 Å². The number of pyridine rings is 1. The van der Waals surface area contributed by atoms with E-state index in [0.717, 1.165) is 66.4 Å². The van der Waals surface area contributed by atoms with E-state index < -0.39 is 24.3 Å². The zero-order valence-corrected chi connectivity index (χ0v) is 21.9. The maximum atomic E-state index is 12.8. The van der Waals surface area contributed by atoms with Crippen LogP contribution in [0, 0.1) is 6.92 Å². The summed E-state index contributed by atoms with van der Waals surface area (Å²) in [5, 5.41) is 3.49. The Kier molecular flexibility index (Phi) is 7.68. The summed E-state index contributed by atoms with van der Waals surface area (Å²) in [5.41, 5.74) is 1.62. The van der Waals surface area contributed by atoms with Crippen LogP contribution in [-0.2, 0) is 11.0 Å². The van der Waals surface area contributed by atoms with Crippen molar-refractivity contribution in [1.82, 2.24) is 9.88 Å². The van der Waals surface area contributed by atoms with Crippen LogP contribution in [0.2, 0.25) is 5.02 Å². The summed E-state index contributed by atoms with van der Waals surface area (Å²) in [5.74, 6) is 0.530. The fourth-order valence-electron chi connectivity index (χ4n) is 5.32. The molecule has 10 heteroatoms. The predicted molar refractivity (Wildman–Crippen MR) is 143 cm³/mol. The standard InChI is InChI=1S/C28H30ClF3N4O2/c1-18-14-26(36-12-8-21(9-13-36)35-10-2-3-11-35)34-24-6-5-20(16-22(18)24)33-27(37)17-38-25-7-4-19(15-23(25)29)28(30,31)32/h4-7,14-16,21H,2-3,8-13,17H2,1H3,(H,33,37). The Morgan fingerprint density at radius 2 is 1.82 bits per heavy atom. The van der Waals surface area contributed by atoms with Gasteiger partial charge < -0.3 is 19.9 Å². The number of anilines is 2. The first-order valence-corrected chi connectivity index (χ1v) is 13.2. The van der Waals surface area contributed by atoms with Crippen LogP contribution in [0.1, 0.15) is 36.8 Å². The van der Waals surface area contributed by atoms with E-state index in [2.05, 4.69) is 21.2 Å². The van der Waals surface area contributed by atoms with Crippen LogP contribution < -0.4 is 15.0 Å². The first-order chi connectivity index (χ1) is 18.2. The molecule has 0 atom stereocenters. The highest BCUT2D eigenvalue weighted by Crippen LogP contribution is 2.35. The number of rotatable bonds is 6. The molecule has 2 saturated heterocycles. The third-order valence-electron chi connectivity index (χ3n) is 7.35. The summed E-state index contributed by atoms with van der Waals surface area (Å²) in [7, 11) is 0. The quantitative estimate of drug-likeness (QED) is 0.393. The second kappa shape index (κ2) is 11.0. The molecule has 1 aromatic heterocycles. The lowest BCUT2D eigenvalue weighted by Crippen LogP contribution is -2.44. The summed E-state index contributed by atoms with van der Waals surface area (Å²) in [6.45, 7) is 6.09. The van der Waals surface area contributed by atoms with Crippen molar-refractivity contribution in [3.63, 3.8) is 0 Å². The minimum atomic E-state index is -4.51. The molecule has 2 aliphatic rings. The van der Waals surface area contributed by atoms with Gasteiger partial charge in [-0.1, -0.05) is 11.6 Å². The fourth-order valence-corrected chi connectivity index (χ4v) is 5.55. The number of hydrogen-bond donors (Lipinski definition) is 1. The number of halogens is 4. The Balaban J connectivity index is 1.20. The molecule has 3 aromatic rings. The van der Waals surface area contributed by atoms with Gasteiger partial charge in [0.2, 0.25) is 0 Å².